The number of methoxy groups -OCH3 is 1. The van der Waals surface area contributed by atoms with Crippen molar-refractivity contribution in [3.8, 4) is 5.75 Å². The van der Waals surface area contributed by atoms with Crippen LogP contribution in [0.5, 0.6) is 5.75 Å². The van der Waals surface area contributed by atoms with Crippen LogP contribution in [-0.2, 0) is 13.0 Å². The molecule has 0 radical (unpaired) electrons. The topological polar surface area (TPSA) is 60.6 Å². The van der Waals surface area contributed by atoms with Crippen molar-refractivity contribution in [3.05, 3.63) is 76.1 Å². The summed E-state index contributed by atoms with van der Waals surface area (Å²) in [4.78, 5) is 20.4. The normalized spacial score (nSPS) is 11.1. The van der Waals surface area contributed by atoms with E-state index in [-0.39, 0.29) is 5.56 Å². The van der Waals surface area contributed by atoms with Gasteiger partial charge in [0.25, 0.3) is 5.56 Å². The van der Waals surface area contributed by atoms with Gasteiger partial charge >= 0.3 is 0 Å². The first-order valence-electron chi connectivity index (χ1n) is 12.0. The lowest BCUT2D eigenvalue weighted by atomic mass is 10.1. The zero-order valence-corrected chi connectivity index (χ0v) is 21.3. The van der Waals surface area contributed by atoms with Crippen molar-refractivity contribution < 1.29 is 4.74 Å². The van der Waals surface area contributed by atoms with Crippen LogP contribution in [-0.4, -0.2) is 59.7 Å². The maximum atomic E-state index is 12.9. The van der Waals surface area contributed by atoms with E-state index in [1.54, 1.807) is 7.11 Å². The van der Waals surface area contributed by atoms with E-state index >= 15 is 0 Å². The molecular weight excluding hydrogens is 444 g/mol. The van der Waals surface area contributed by atoms with Gasteiger partial charge in [-0.3, -0.25) is 4.79 Å². The maximum Gasteiger partial charge on any atom is 0.253 e. The third kappa shape index (κ3) is 7.30. The monoisotopic (exact) mass is 480 g/mol. The molecule has 6 nitrogen and oxygen atoms in total. The number of hydrogen-bond donors (Lipinski definition) is 2. The number of benzene rings is 2. The van der Waals surface area contributed by atoms with E-state index in [1.165, 1.54) is 5.56 Å². The van der Waals surface area contributed by atoms with Crippen LogP contribution in [0.1, 0.15) is 31.4 Å². The average molecular weight is 481 g/mol. The third-order valence-corrected chi connectivity index (χ3v) is 6.51. The quantitative estimate of drug-likeness (QED) is 0.379. The highest BCUT2D eigenvalue weighted by molar-refractivity contribution is 7.80. The van der Waals surface area contributed by atoms with Crippen molar-refractivity contribution in [1.29, 1.82) is 0 Å². The van der Waals surface area contributed by atoms with E-state index in [1.807, 2.05) is 30.3 Å². The van der Waals surface area contributed by atoms with E-state index in [0.29, 0.717) is 17.2 Å². The second-order valence-electron chi connectivity index (χ2n) is 8.35. The summed E-state index contributed by atoms with van der Waals surface area (Å²) in [5, 5.41) is 5.06. The summed E-state index contributed by atoms with van der Waals surface area (Å²) in [5.74, 6) is 0.720. The minimum atomic E-state index is -0.0958. The van der Waals surface area contributed by atoms with Gasteiger partial charge in [-0.05, 0) is 73.8 Å². The largest absolute Gasteiger partial charge is 0.497 e. The number of nitrogens with one attached hydrogen (secondary N) is 2. The van der Waals surface area contributed by atoms with Crippen molar-refractivity contribution in [2.45, 2.75) is 33.2 Å². The van der Waals surface area contributed by atoms with Crippen LogP contribution in [0.2, 0.25) is 0 Å². The average Bonchev–Trinajstić information content (AvgIpc) is 2.86. The Morgan fingerprint density at radius 2 is 1.82 bits per heavy atom. The molecule has 7 heteroatoms. The lowest BCUT2D eigenvalue weighted by Gasteiger charge is -2.27. The molecule has 0 aliphatic carbocycles. The first-order chi connectivity index (χ1) is 16.5. The Kier molecular flexibility index (Phi) is 9.91. The summed E-state index contributed by atoms with van der Waals surface area (Å²) in [5.41, 5.74) is 2.64. The Morgan fingerprint density at radius 3 is 2.53 bits per heavy atom. The van der Waals surface area contributed by atoms with Crippen molar-refractivity contribution in [1.82, 2.24) is 20.1 Å². The van der Waals surface area contributed by atoms with Gasteiger partial charge in [-0.25, -0.2) is 0 Å². The van der Waals surface area contributed by atoms with E-state index in [0.717, 1.165) is 62.2 Å². The summed E-state index contributed by atoms with van der Waals surface area (Å²) in [6, 6.07) is 18.0. The number of aromatic nitrogens is 1. The van der Waals surface area contributed by atoms with Gasteiger partial charge in [0.2, 0.25) is 0 Å². The molecule has 3 aromatic rings. The molecular formula is C27H36N4O2S. The zero-order valence-electron chi connectivity index (χ0n) is 20.5. The van der Waals surface area contributed by atoms with Crippen LogP contribution >= 0.6 is 12.2 Å². The molecule has 0 aliphatic heterocycles. The lowest BCUT2D eigenvalue weighted by Crippen LogP contribution is -2.42. The number of thiocarbonyl (C=S) groups is 1. The van der Waals surface area contributed by atoms with Gasteiger partial charge in [0.15, 0.2) is 5.11 Å². The van der Waals surface area contributed by atoms with Crippen LogP contribution < -0.4 is 15.6 Å². The first kappa shape index (κ1) is 25.7. The number of ether oxygens (including phenoxy) is 1. The van der Waals surface area contributed by atoms with Crippen LogP contribution in [0.3, 0.4) is 0 Å². The molecule has 0 atom stereocenters. The number of rotatable bonds is 12. The minimum absolute atomic E-state index is 0.0958. The molecule has 0 amide bonds. The number of hydrogen-bond acceptors (Lipinski definition) is 4. The summed E-state index contributed by atoms with van der Waals surface area (Å²) in [7, 11) is 1.62. The Balaban J connectivity index is 1.72. The summed E-state index contributed by atoms with van der Waals surface area (Å²) in [6.07, 6.45) is 1.87. The van der Waals surface area contributed by atoms with Crippen molar-refractivity contribution in [3.63, 3.8) is 0 Å². The molecule has 0 fully saturated rings. The molecule has 0 aliphatic rings. The van der Waals surface area contributed by atoms with E-state index in [2.05, 4.69) is 58.2 Å². The van der Waals surface area contributed by atoms with Gasteiger partial charge in [0.1, 0.15) is 5.75 Å². The van der Waals surface area contributed by atoms with Crippen molar-refractivity contribution in [2.75, 3.05) is 39.8 Å². The molecule has 0 unspecified atom stereocenters. The van der Waals surface area contributed by atoms with Crippen molar-refractivity contribution >= 4 is 28.2 Å². The summed E-state index contributed by atoms with van der Waals surface area (Å²) in [6.45, 7) is 9.43. The molecule has 0 saturated heterocycles. The van der Waals surface area contributed by atoms with Crippen LogP contribution in [0.15, 0.2) is 59.4 Å². The predicted molar refractivity (Wildman–Crippen MR) is 145 cm³/mol. The van der Waals surface area contributed by atoms with Gasteiger partial charge in [-0.15, -0.1) is 0 Å². The highest BCUT2D eigenvalue weighted by Crippen LogP contribution is 2.19. The first-order valence-corrected chi connectivity index (χ1v) is 12.4. The molecule has 1 aromatic heterocycles. The summed E-state index contributed by atoms with van der Waals surface area (Å²) < 4.78 is 5.28. The Labute approximate surface area is 207 Å². The number of fused-ring (bicyclic) bond motifs is 1. The number of aromatic amines is 1. The molecule has 1 heterocycles. The van der Waals surface area contributed by atoms with Crippen LogP contribution in [0, 0.1) is 0 Å². The van der Waals surface area contributed by atoms with Crippen LogP contribution in [0.4, 0.5) is 0 Å². The molecule has 2 N–H and O–H groups in total. The maximum absolute atomic E-state index is 12.9. The summed E-state index contributed by atoms with van der Waals surface area (Å²) >= 11 is 5.77. The highest BCUT2D eigenvalue weighted by atomic mass is 32.1. The highest BCUT2D eigenvalue weighted by Gasteiger charge is 2.14. The third-order valence-electron chi connectivity index (χ3n) is 6.11. The molecule has 182 valence electrons. The number of H-pyrrole nitrogens is 1. The fraction of sp³-hybridized carbons (Fsp3) is 0.407. The number of pyridine rings is 1. The Morgan fingerprint density at radius 1 is 1.06 bits per heavy atom. The van der Waals surface area contributed by atoms with Gasteiger partial charge in [0.05, 0.1) is 19.2 Å². The molecule has 2 aromatic carbocycles. The SMILES string of the molecule is CCN(CC)CCCN(Cc1cc2ccc(OC)cc2[nH]c1=O)C(=S)NCCc1ccccc1. The van der Waals surface area contributed by atoms with E-state index < -0.39 is 0 Å². The second-order valence-corrected chi connectivity index (χ2v) is 8.73. The number of nitrogens with zero attached hydrogens (tertiary/aromatic N) is 2. The Hall–Kier alpha value is -2.90. The zero-order chi connectivity index (χ0) is 24.3. The molecule has 0 spiro atoms. The predicted octanol–water partition coefficient (Wildman–Crippen LogP) is 4.19. The van der Waals surface area contributed by atoms with E-state index in [4.69, 9.17) is 17.0 Å². The fourth-order valence-electron chi connectivity index (χ4n) is 4.02. The van der Waals surface area contributed by atoms with Crippen LogP contribution in [0.25, 0.3) is 10.9 Å². The van der Waals surface area contributed by atoms with E-state index in [9.17, 15) is 4.79 Å². The smallest absolute Gasteiger partial charge is 0.253 e. The Bertz CT molecular complexity index is 1110. The lowest BCUT2D eigenvalue weighted by molar-refractivity contribution is 0.279. The van der Waals surface area contributed by atoms with Gasteiger partial charge in [-0.2, -0.15) is 0 Å². The van der Waals surface area contributed by atoms with Gasteiger partial charge < -0.3 is 24.8 Å². The molecule has 3 rings (SSSR count). The standard InChI is InChI=1S/C27H36N4O2S/c1-4-30(5-2)16-9-17-31(27(34)28-15-14-21-10-7-6-8-11-21)20-23-18-22-12-13-24(33-3)19-25(22)29-26(23)32/h6-8,10-13,18-19H,4-5,9,14-17,20H2,1-3H3,(H,28,34)(H,29,32). The van der Waals surface area contributed by atoms with Gasteiger partial charge in [0, 0.05) is 24.7 Å². The van der Waals surface area contributed by atoms with Crippen molar-refractivity contribution in [2.24, 2.45) is 0 Å². The molecule has 0 saturated carbocycles. The molecule has 34 heavy (non-hydrogen) atoms. The minimum Gasteiger partial charge on any atom is -0.497 e. The second kappa shape index (κ2) is 13.1. The fourth-order valence-corrected chi connectivity index (χ4v) is 4.28. The van der Waals surface area contributed by atoms with Gasteiger partial charge in [-0.1, -0.05) is 44.2 Å². The molecule has 0 bridgehead atoms.